The van der Waals surface area contributed by atoms with Gasteiger partial charge in [0.15, 0.2) is 0 Å². The second kappa shape index (κ2) is 16.8. The molecule has 0 radical (unpaired) electrons. The first-order valence-electron chi connectivity index (χ1n) is 1.91. The Bertz CT molecular complexity index is 84.9. The van der Waals surface area contributed by atoms with Gasteiger partial charge >= 0.3 is 39.9 Å². The Labute approximate surface area is 112 Å². The van der Waals surface area contributed by atoms with Crippen molar-refractivity contribution in [3.63, 3.8) is 0 Å². The number of hydrogen-bond donors (Lipinski definition) is 0. The summed E-state index contributed by atoms with van der Waals surface area (Å²) in [6.07, 6.45) is 0. The Morgan fingerprint density at radius 1 is 0.700 bits per heavy atom. The number of benzene rings is 1. The fourth-order valence-corrected chi connectivity index (χ4v) is 0.342. The summed E-state index contributed by atoms with van der Waals surface area (Å²) in [7, 11) is 0. The zero-order chi connectivity index (χ0) is 4.24. The van der Waals surface area contributed by atoms with Crippen LogP contribution in [-0.2, 0) is 0 Å². The Morgan fingerprint density at radius 3 is 1.20 bits per heavy atom. The first kappa shape index (κ1) is 22.5. The molecule has 0 bridgehead atoms. The summed E-state index contributed by atoms with van der Waals surface area (Å²) in [6.45, 7) is 0. The van der Waals surface area contributed by atoms with E-state index in [9.17, 15) is 0 Å². The summed E-state index contributed by atoms with van der Waals surface area (Å²) in [5.74, 6) is 0. The first-order valence-corrected chi connectivity index (χ1v) is 1.91. The van der Waals surface area contributed by atoms with Gasteiger partial charge in [0.2, 0.25) is 0 Å². The van der Waals surface area contributed by atoms with Crippen LogP contribution in [0.5, 0.6) is 0 Å². The van der Waals surface area contributed by atoms with Crippen molar-refractivity contribution in [1.29, 1.82) is 0 Å². The molecule has 1 aromatic rings. The van der Waals surface area contributed by atoms with Gasteiger partial charge in [-0.15, -0.1) is 0 Å². The molecule has 4 heteroatoms. The van der Waals surface area contributed by atoms with Crippen molar-refractivity contribution in [1.82, 2.24) is 0 Å². The van der Waals surface area contributed by atoms with E-state index in [1.807, 2.05) is 30.3 Å². The summed E-state index contributed by atoms with van der Waals surface area (Å²) in [6, 6.07) is 12.5. The van der Waals surface area contributed by atoms with E-state index in [2.05, 4.69) is 6.07 Å². The zero-order valence-corrected chi connectivity index (χ0v) is 11.4. The molecule has 1 aromatic carbocycles. The van der Waals surface area contributed by atoms with Gasteiger partial charge in [-0.2, -0.15) is 36.4 Å². The predicted molar refractivity (Wildman–Crippen MR) is 25.3 cm³/mol. The van der Waals surface area contributed by atoms with Crippen LogP contribution in [0.4, 0.5) is 0 Å². The van der Waals surface area contributed by atoms with Crippen molar-refractivity contribution in [2.75, 3.05) is 0 Å². The van der Waals surface area contributed by atoms with E-state index in [4.69, 9.17) is 0 Å². The predicted octanol–water partition coefficient (Wildman–Crippen LogP) is -7.50. The molecule has 10 heavy (non-hydrogen) atoms. The smallest absolute Gasteiger partial charge is 1.00 e. The molecular weight excluding hydrogens is 410 g/mol. The standard InChI is InChI=1S/C6H5.3ClH.Th/c1-2-4-6-5-3-1;;;;/h1-5H;3*1H;/q-1;;;;+4/p-3. The van der Waals surface area contributed by atoms with E-state index in [-0.39, 0.29) is 77.2 Å². The molecule has 0 aromatic heterocycles. The van der Waals surface area contributed by atoms with Crippen LogP contribution in [0, 0.1) is 46.0 Å². The molecule has 0 nitrogen and oxygen atoms in total. The summed E-state index contributed by atoms with van der Waals surface area (Å²) in [5, 5.41) is 0. The summed E-state index contributed by atoms with van der Waals surface area (Å²) < 4.78 is 0. The second-order valence-corrected chi connectivity index (χ2v) is 1.08. The Kier molecular flexibility index (Phi) is 37.8. The van der Waals surface area contributed by atoms with Crippen LogP contribution < -0.4 is 37.2 Å². The number of hydrogen-bond acceptors (Lipinski definition) is 0. The summed E-state index contributed by atoms with van der Waals surface area (Å²) in [4.78, 5) is 0. The molecule has 0 aliphatic heterocycles. The molecule has 0 N–H and O–H groups in total. The topological polar surface area (TPSA) is 0 Å². The summed E-state index contributed by atoms with van der Waals surface area (Å²) in [5.41, 5.74) is 0. The maximum Gasteiger partial charge on any atom is 4.00 e. The molecule has 0 heterocycles. The van der Waals surface area contributed by atoms with Crippen molar-refractivity contribution in [3.05, 3.63) is 36.4 Å². The average Bonchev–Trinajstić information content (AvgIpc) is 1.72. The number of halogens is 3. The Balaban J connectivity index is -0.0000000450. The van der Waals surface area contributed by atoms with Crippen LogP contribution in [0.25, 0.3) is 0 Å². The normalized spacial score (nSPS) is 4.80. The molecule has 0 spiro atoms. The number of rotatable bonds is 0. The van der Waals surface area contributed by atoms with Gasteiger partial charge in [0.05, 0.1) is 0 Å². The van der Waals surface area contributed by atoms with Crippen molar-refractivity contribution >= 4 is 0 Å². The van der Waals surface area contributed by atoms with Crippen molar-refractivity contribution in [2.24, 2.45) is 0 Å². The molecule has 0 saturated carbocycles. The molecule has 0 unspecified atom stereocenters. The maximum atomic E-state index is 2.89. The molecule has 0 aliphatic rings. The molecule has 0 saturated heterocycles. The molecule has 0 aliphatic carbocycles. The van der Waals surface area contributed by atoms with E-state index >= 15 is 0 Å². The van der Waals surface area contributed by atoms with Crippen molar-refractivity contribution in [3.8, 4) is 0 Å². The van der Waals surface area contributed by atoms with Crippen LogP contribution in [0.3, 0.4) is 0 Å². The molecule has 0 amide bonds. The molecule has 54 valence electrons. The third-order valence-electron chi connectivity index (χ3n) is 0.607. The largest absolute Gasteiger partial charge is 4.00 e. The van der Waals surface area contributed by atoms with Crippen LogP contribution in [0.2, 0.25) is 0 Å². The van der Waals surface area contributed by atoms with Gasteiger partial charge in [0.25, 0.3) is 0 Å². The van der Waals surface area contributed by atoms with Gasteiger partial charge in [0.1, 0.15) is 0 Å². The van der Waals surface area contributed by atoms with Crippen molar-refractivity contribution < 1.29 is 77.2 Å². The van der Waals surface area contributed by atoms with E-state index < -0.39 is 0 Å². The minimum atomic E-state index is 0. The van der Waals surface area contributed by atoms with Gasteiger partial charge in [-0.05, 0) is 0 Å². The van der Waals surface area contributed by atoms with Gasteiger partial charge in [-0.1, -0.05) is 0 Å². The third-order valence-corrected chi connectivity index (χ3v) is 0.607. The van der Waals surface area contributed by atoms with Gasteiger partial charge in [0, 0.05) is 0 Å². The van der Waals surface area contributed by atoms with E-state index in [0.717, 1.165) is 0 Å². The third kappa shape index (κ3) is 12.1. The maximum absolute atomic E-state index is 2.89. The monoisotopic (exact) mass is 414 g/mol. The Hall–Kier alpha value is 1.41. The van der Waals surface area contributed by atoms with Gasteiger partial charge in [-0.3, -0.25) is 0 Å². The van der Waals surface area contributed by atoms with E-state index in [1.54, 1.807) is 0 Å². The van der Waals surface area contributed by atoms with Crippen LogP contribution >= 0.6 is 0 Å². The fraction of sp³-hybridized carbons (Fsp3) is 0. The second-order valence-electron chi connectivity index (χ2n) is 1.08. The average molecular weight is 416 g/mol. The van der Waals surface area contributed by atoms with E-state index in [0.29, 0.717) is 0 Å². The van der Waals surface area contributed by atoms with Crippen LogP contribution in [-0.4, -0.2) is 0 Å². The minimum absolute atomic E-state index is 0. The Morgan fingerprint density at radius 2 is 1.10 bits per heavy atom. The first-order chi connectivity index (χ1) is 3.00. The fourth-order valence-electron chi connectivity index (χ4n) is 0.342. The van der Waals surface area contributed by atoms with Crippen molar-refractivity contribution in [2.45, 2.75) is 0 Å². The van der Waals surface area contributed by atoms with E-state index in [1.165, 1.54) is 0 Å². The molecular formula is C6H5Cl3Th. The minimum Gasteiger partial charge on any atom is -1.00 e. The SMILES string of the molecule is [Cl-].[Cl-].[Cl-].[Th+4].[c-]1ccccc1. The zero-order valence-electron chi connectivity index (χ0n) is 5.02. The van der Waals surface area contributed by atoms with Crippen LogP contribution in [0.1, 0.15) is 0 Å². The molecule has 1 rings (SSSR count). The quantitative estimate of drug-likeness (QED) is 0.370. The van der Waals surface area contributed by atoms with Crippen LogP contribution in [0.15, 0.2) is 30.3 Å². The van der Waals surface area contributed by atoms with Gasteiger partial charge in [-0.25, -0.2) is 0 Å². The summed E-state index contributed by atoms with van der Waals surface area (Å²) >= 11 is 0. The molecule has 0 fully saturated rings. The molecule has 0 atom stereocenters. The van der Waals surface area contributed by atoms with Gasteiger partial charge < -0.3 is 37.2 Å².